The van der Waals surface area contributed by atoms with Crippen molar-refractivity contribution in [3.8, 4) is 0 Å². The van der Waals surface area contributed by atoms with Gasteiger partial charge in [0.25, 0.3) is 10.1 Å². The molecule has 0 spiro atoms. The van der Waals surface area contributed by atoms with Crippen LogP contribution in [0.5, 0.6) is 0 Å². The second-order valence-electron chi connectivity index (χ2n) is 6.23. The Morgan fingerprint density at radius 2 is 1.58 bits per heavy atom. The summed E-state index contributed by atoms with van der Waals surface area (Å²) in [5, 5.41) is 0. The van der Waals surface area contributed by atoms with Crippen LogP contribution in [0.2, 0.25) is 0 Å². The lowest BCUT2D eigenvalue weighted by molar-refractivity contribution is 0.217. The summed E-state index contributed by atoms with van der Waals surface area (Å²) < 4.78 is 29.5. The van der Waals surface area contributed by atoms with E-state index < -0.39 is 10.1 Å². The first-order chi connectivity index (χ1) is 8.79. The molecule has 0 aliphatic heterocycles. The Morgan fingerprint density at radius 3 is 2.05 bits per heavy atom. The van der Waals surface area contributed by atoms with Crippen molar-refractivity contribution < 1.29 is 12.6 Å². The molecule has 106 valence electrons. The van der Waals surface area contributed by atoms with Crippen molar-refractivity contribution in [2.45, 2.75) is 62.9 Å². The Balaban J connectivity index is 2.16. The predicted octanol–water partition coefficient (Wildman–Crippen LogP) is 3.63. The predicted molar refractivity (Wildman–Crippen MR) is 75.7 cm³/mol. The van der Waals surface area contributed by atoms with Crippen LogP contribution in [-0.2, 0) is 19.7 Å². The SMILES string of the molecule is CC(C)(C)c1ccc(S(=O)(=O)OC2CCCC2)cc1. The van der Waals surface area contributed by atoms with Crippen LogP contribution in [0.25, 0.3) is 0 Å². The van der Waals surface area contributed by atoms with Crippen molar-refractivity contribution in [3.05, 3.63) is 29.8 Å². The van der Waals surface area contributed by atoms with Crippen LogP contribution >= 0.6 is 0 Å². The zero-order valence-corrected chi connectivity index (χ0v) is 12.7. The summed E-state index contributed by atoms with van der Waals surface area (Å²) in [4.78, 5) is 0.257. The van der Waals surface area contributed by atoms with Crippen molar-refractivity contribution in [1.29, 1.82) is 0 Å². The summed E-state index contributed by atoms with van der Waals surface area (Å²) in [7, 11) is -3.61. The van der Waals surface area contributed by atoms with Crippen LogP contribution in [0.1, 0.15) is 52.0 Å². The first-order valence-corrected chi connectivity index (χ1v) is 8.24. The van der Waals surface area contributed by atoms with Gasteiger partial charge in [0.1, 0.15) is 0 Å². The maximum Gasteiger partial charge on any atom is 0.297 e. The Labute approximate surface area is 116 Å². The van der Waals surface area contributed by atoms with Gasteiger partial charge < -0.3 is 0 Å². The zero-order valence-electron chi connectivity index (χ0n) is 11.8. The van der Waals surface area contributed by atoms with Gasteiger partial charge in [-0.25, -0.2) is 0 Å². The second kappa shape index (κ2) is 5.25. The van der Waals surface area contributed by atoms with Crippen molar-refractivity contribution in [3.63, 3.8) is 0 Å². The molecule has 1 aromatic carbocycles. The van der Waals surface area contributed by atoms with Gasteiger partial charge in [0.2, 0.25) is 0 Å². The number of hydrogen-bond donors (Lipinski definition) is 0. The van der Waals surface area contributed by atoms with Gasteiger partial charge in [0.05, 0.1) is 11.0 Å². The lowest BCUT2D eigenvalue weighted by atomic mass is 9.87. The molecule has 0 amide bonds. The van der Waals surface area contributed by atoms with Crippen LogP contribution in [0.4, 0.5) is 0 Å². The zero-order chi connectivity index (χ0) is 14.1. The number of hydrogen-bond acceptors (Lipinski definition) is 3. The average Bonchev–Trinajstić information content (AvgIpc) is 2.80. The average molecular weight is 282 g/mol. The van der Waals surface area contributed by atoms with Crippen LogP contribution in [0.3, 0.4) is 0 Å². The van der Waals surface area contributed by atoms with Gasteiger partial charge in [-0.15, -0.1) is 0 Å². The summed E-state index contributed by atoms with van der Waals surface area (Å²) in [6, 6.07) is 7.02. The third-order valence-corrected chi connectivity index (χ3v) is 4.95. The van der Waals surface area contributed by atoms with Crippen molar-refractivity contribution in [2.75, 3.05) is 0 Å². The molecule has 0 aromatic heterocycles. The van der Waals surface area contributed by atoms with Crippen molar-refractivity contribution >= 4 is 10.1 Å². The maximum absolute atomic E-state index is 12.1. The van der Waals surface area contributed by atoms with Gasteiger partial charge in [-0.2, -0.15) is 8.42 Å². The fraction of sp³-hybridized carbons (Fsp3) is 0.600. The molecule has 0 heterocycles. The molecule has 1 aliphatic rings. The summed E-state index contributed by atoms with van der Waals surface area (Å²) >= 11 is 0. The van der Waals surface area contributed by atoms with E-state index in [-0.39, 0.29) is 16.4 Å². The summed E-state index contributed by atoms with van der Waals surface area (Å²) in [6.45, 7) is 6.31. The topological polar surface area (TPSA) is 43.4 Å². The first kappa shape index (κ1) is 14.5. The monoisotopic (exact) mass is 282 g/mol. The largest absolute Gasteiger partial charge is 0.297 e. The van der Waals surface area contributed by atoms with Crippen molar-refractivity contribution in [2.24, 2.45) is 0 Å². The highest BCUT2D eigenvalue weighted by molar-refractivity contribution is 7.86. The van der Waals surface area contributed by atoms with E-state index in [9.17, 15) is 8.42 Å². The lowest BCUT2D eigenvalue weighted by Crippen LogP contribution is -2.16. The molecule has 0 radical (unpaired) electrons. The Bertz CT molecular complexity index is 518. The van der Waals surface area contributed by atoms with Gasteiger partial charge in [-0.3, -0.25) is 4.18 Å². The Morgan fingerprint density at radius 1 is 1.05 bits per heavy atom. The van der Waals surface area contributed by atoms with Crippen LogP contribution < -0.4 is 0 Å². The molecule has 0 bridgehead atoms. The van der Waals surface area contributed by atoms with Gasteiger partial charge in [0, 0.05) is 0 Å². The van der Waals surface area contributed by atoms with Crippen molar-refractivity contribution in [1.82, 2.24) is 0 Å². The van der Waals surface area contributed by atoms with E-state index in [1.165, 1.54) is 0 Å². The number of benzene rings is 1. The van der Waals surface area contributed by atoms with Crippen LogP contribution in [-0.4, -0.2) is 14.5 Å². The highest BCUT2D eigenvalue weighted by atomic mass is 32.2. The minimum Gasteiger partial charge on any atom is -0.263 e. The summed E-state index contributed by atoms with van der Waals surface area (Å²) in [5.41, 5.74) is 1.14. The quantitative estimate of drug-likeness (QED) is 0.795. The molecule has 1 aliphatic carbocycles. The molecule has 1 saturated carbocycles. The third-order valence-electron chi connectivity index (χ3n) is 3.57. The third kappa shape index (κ3) is 3.57. The van der Waals surface area contributed by atoms with Gasteiger partial charge in [-0.05, 0) is 36.0 Å². The number of rotatable bonds is 3. The maximum atomic E-state index is 12.1. The van der Waals surface area contributed by atoms with E-state index in [1.54, 1.807) is 12.1 Å². The minimum atomic E-state index is -3.61. The van der Waals surface area contributed by atoms with E-state index in [1.807, 2.05) is 12.1 Å². The van der Waals surface area contributed by atoms with Crippen LogP contribution in [0, 0.1) is 0 Å². The van der Waals surface area contributed by atoms with Crippen LogP contribution in [0.15, 0.2) is 29.2 Å². The first-order valence-electron chi connectivity index (χ1n) is 6.83. The fourth-order valence-corrected chi connectivity index (χ4v) is 3.47. The summed E-state index contributed by atoms with van der Waals surface area (Å²) in [5.74, 6) is 0. The molecule has 0 saturated heterocycles. The van der Waals surface area contributed by atoms with Gasteiger partial charge in [-0.1, -0.05) is 45.7 Å². The standard InChI is InChI=1S/C15H22O3S/c1-15(2,3)12-8-10-14(11-9-12)19(16,17)18-13-6-4-5-7-13/h8-11,13H,4-7H2,1-3H3. The van der Waals surface area contributed by atoms with Gasteiger partial charge >= 0.3 is 0 Å². The van der Waals surface area contributed by atoms with E-state index in [0.717, 1.165) is 31.2 Å². The molecule has 3 nitrogen and oxygen atoms in total. The molecular weight excluding hydrogens is 260 g/mol. The molecular formula is C15H22O3S. The molecule has 0 N–H and O–H groups in total. The molecule has 2 rings (SSSR count). The lowest BCUT2D eigenvalue weighted by Gasteiger charge is -2.19. The normalized spacial score (nSPS) is 17.8. The van der Waals surface area contributed by atoms with E-state index in [0.29, 0.717) is 0 Å². The second-order valence-corrected chi connectivity index (χ2v) is 7.80. The molecule has 4 heteroatoms. The minimum absolute atomic E-state index is 0.0224. The summed E-state index contributed by atoms with van der Waals surface area (Å²) in [6.07, 6.45) is 3.68. The van der Waals surface area contributed by atoms with E-state index in [2.05, 4.69) is 20.8 Å². The smallest absolute Gasteiger partial charge is 0.263 e. The van der Waals surface area contributed by atoms with E-state index in [4.69, 9.17) is 4.18 Å². The molecule has 1 fully saturated rings. The molecule has 1 aromatic rings. The molecule has 19 heavy (non-hydrogen) atoms. The Hall–Kier alpha value is -0.870. The molecule has 0 atom stereocenters. The Kier molecular flexibility index (Phi) is 4.02. The molecule has 0 unspecified atom stereocenters. The fourth-order valence-electron chi connectivity index (χ4n) is 2.34. The van der Waals surface area contributed by atoms with Gasteiger partial charge in [0.15, 0.2) is 0 Å². The van der Waals surface area contributed by atoms with E-state index >= 15 is 0 Å². The highest BCUT2D eigenvalue weighted by Crippen LogP contribution is 2.27. The highest BCUT2D eigenvalue weighted by Gasteiger charge is 2.25.